The van der Waals surface area contributed by atoms with Crippen molar-refractivity contribution in [2.45, 2.75) is 46.1 Å². The molecule has 1 aliphatic heterocycles. The average Bonchev–Trinajstić information content (AvgIpc) is 2.96. The van der Waals surface area contributed by atoms with Gasteiger partial charge in [0.2, 0.25) is 17.5 Å². The first-order chi connectivity index (χ1) is 10.8. The van der Waals surface area contributed by atoms with Gasteiger partial charge in [-0.25, -0.2) is 0 Å². The molecular formula is C17H29N5O. The van der Waals surface area contributed by atoms with Crippen LogP contribution in [-0.4, -0.2) is 60.1 Å². The van der Waals surface area contributed by atoms with Crippen LogP contribution in [0, 0.1) is 11.3 Å². The largest absolute Gasteiger partial charge is 0.423 e. The molecule has 1 atom stereocenters. The van der Waals surface area contributed by atoms with Gasteiger partial charge in [0.1, 0.15) is 6.07 Å². The van der Waals surface area contributed by atoms with E-state index in [9.17, 15) is 5.26 Å². The molecule has 0 bridgehead atoms. The molecule has 1 N–H and O–H groups in total. The van der Waals surface area contributed by atoms with E-state index in [1.165, 1.54) is 0 Å². The molecule has 6 heteroatoms. The molecule has 2 rings (SSSR count). The highest BCUT2D eigenvalue weighted by atomic mass is 16.4. The van der Waals surface area contributed by atoms with Gasteiger partial charge in [0.15, 0.2) is 0 Å². The molecule has 0 spiro atoms. The Kier molecular flexibility index (Phi) is 5.66. The van der Waals surface area contributed by atoms with E-state index in [1.54, 1.807) is 0 Å². The number of hydrogen-bond donors (Lipinski definition) is 1. The van der Waals surface area contributed by atoms with Crippen LogP contribution in [0.1, 0.15) is 46.2 Å². The summed E-state index contributed by atoms with van der Waals surface area (Å²) in [6, 6.07) is 2.51. The van der Waals surface area contributed by atoms with Crippen LogP contribution in [0.2, 0.25) is 0 Å². The highest BCUT2D eigenvalue weighted by Crippen LogP contribution is 2.26. The molecule has 0 aromatic carbocycles. The predicted octanol–water partition coefficient (Wildman–Crippen LogP) is 2.28. The van der Waals surface area contributed by atoms with Crippen LogP contribution in [0.25, 0.3) is 0 Å². The summed E-state index contributed by atoms with van der Waals surface area (Å²) in [6.07, 6.45) is 0. The van der Waals surface area contributed by atoms with Crippen LogP contribution in [-0.2, 0) is 5.41 Å². The minimum Gasteiger partial charge on any atom is -0.423 e. The average molecular weight is 319 g/mol. The first-order valence-corrected chi connectivity index (χ1v) is 8.46. The number of likely N-dealkylation sites (N-methyl/N-ethyl adjacent to an activating group) is 1. The van der Waals surface area contributed by atoms with Crippen molar-refractivity contribution >= 4 is 5.88 Å². The minimum absolute atomic E-state index is 0.201. The molecule has 0 aliphatic carbocycles. The maximum absolute atomic E-state index is 9.24. The normalized spacial score (nSPS) is 18.6. The minimum atomic E-state index is -0.201. The summed E-state index contributed by atoms with van der Waals surface area (Å²) < 4.78 is 5.77. The molecule has 0 unspecified atom stereocenters. The van der Waals surface area contributed by atoms with Gasteiger partial charge in [-0.2, -0.15) is 10.2 Å². The lowest BCUT2D eigenvalue weighted by Gasteiger charge is -2.37. The van der Waals surface area contributed by atoms with E-state index in [0.29, 0.717) is 23.5 Å². The van der Waals surface area contributed by atoms with Crippen molar-refractivity contribution in [3.63, 3.8) is 0 Å². The van der Waals surface area contributed by atoms with Gasteiger partial charge < -0.3 is 14.6 Å². The SMILES string of the molecule is CCN1CCN([C@@H](C)CNc2oc(C(C)(C)C)nc2C#N)CC1. The van der Waals surface area contributed by atoms with Gasteiger partial charge >= 0.3 is 0 Å². The second kappa shape index (κ2) is 7.33. The van der Waals surface area contributed by atoms with E-state index in [1.807, 2.05) is 20.8 Å². The van der Waals surface area contributed by atoms with Gasteiger partial charge in [-0.3, -0.25) is 4.90 Å². The van der Waals surface area contributed by atoms with E-state index in [-0.39, 0.29) is 5.41 Å². The summed E-state index contributed by atoms with van der Waals surface area (Å²) in [4.78, 5) is 9.25. The van der Waals surface area contributed by atoms with E-state index in [0.717, 1.165) is 39.3 Å². The number of anilines is 1. The number of nitriles is 1. The molecule has 1 aliphatic rings. The number of nitrogens with one attached hydrogen (secondary N) is 1. The van der Waals surface area contributed by atoms with Crippen molar-refractivity contribution < 1.29 is 4.42 Å². The lowest BCUT2D eigenvalue weighted by molar-refractivity contribution is 0.110. The number of piperazine rings is 1. The van der Waals surface area contributed by atoms with E-state index in [4.69, 9.17) is 4.42 Å². The van der Waals surface area contributed by atoms with Crippen LogP contribution >= 0.6 is 0 Å². The Morgan fingerprint density at radius 3 is 2.48 bits per heavy atom. The molecule has 2 heterocycles. The Labute approximate surface area is 139 Å². The molecular weight excluding hydrogens is 290 g/mol. The third-order valence-corrected chi connectivity index (χ3v) is 4.41. The van der Waals surface area contributed by atoms with Gasteiger partial charge in [-0.1, -0.05) is 27.7 Å². The smallest absolute Gasteiger partial charge is 0.232 e. The molecule has 23 heavy (non-hydrogen) atoms. The number of rotatable bonds is 5. The summed E-state index contributed by atoms with van der Waals surface area (Å²) in [5, 5.41) is 12.5. The van der Waals surface area contributed by atoms with Crippen LogP contribution in [0.5, 0.6) is 0 Å². The fourth-order valence-electron chi connectivity index (χ4n) is 2.73. The Hall–Kier alpha value is -1.58. The molecule has 1 saturated heterocycles. The first-order valence-electron chi connectivity index (χ1n) is 8.46. The molecule has 6 nitrogen and oxygen atoms in total. The zero-order valence-corrected chi connectivity index (χ0v) is 15.0. The number of oxazole rings is 1. The predicted molar refractivity (Wildman–Crippen MR) is 91.6 cm³/mol. The van der Waals surface area contributed by atoms with Gasteiger partial charge in [-0.05, 0) is 13.5 Å². The van der Waals surface area contributed by atoms with Crippen LogP contribution in [0.3, 0.4) is 0 Å². The number of aromatic nitrogens is 1. The highest BCUT2D eigenvalue weighted by molar-refractivity contribution is 5.45. The fourth-order valence-corrected chi connectivity index (χ4v) is 2.73. The summed E-state index contributed by atoms with van der Waals surface area (Å²) in [6.45, 7) is 16.8. The maximum Gasteiger partial charge on any atom is 0.232 e. The Morgan fingerprint density at radius 1 is 1.30 bits per heavy atom. The molecule has 1 aromatic rings. The van der Waals surface area contributed by atoms with Crippen LogP contribution in [0.15, 0.2) is 4.42 Å². The Bertz CT molecular complexity index is 546. The third kappa shape index (κ3) is 4.46. The van der Waals surface area contributed by atoms with Gasteiger partial charge in [0.25, 0.3) is 0 Å². The van der Waals surface area contributed by atoms with E-state index in [2.05, 4.69) is 40.0 Å². The molecule has 128 valence electrons. The van der Waals surface area contributed by atoms with Crippen LogP contribution < -0.4 is 5.32 Å². The van der Waals surface area contributed by atoms with Gasteiger partial charge in [0, 0.05) is 44.2 Å². The van der Waals surface area contributed by atoms with E-state index < -0.39 is 0 Å². The molecule has 0 amide bonds. The van der Waals surface area contributed by atoms with E-state index >= 15 is 0 Å². The monoisotopic (exact) mass is 319 g/mol. The van der Waals surface area contributed by atoms with Crippen LogP contribution in [0.4, 0.5) is 5.88 Å². The highest BCUT2D eigenvalue weighted by Gasteiger charge is 2.25. The Balaban J connectivity index is 1.93. The lowest BCUT2D eigenvalue weighted by atomic mass is 9.97. The molecule has 1 aromatic heterocycles. The topological polar surface area (TPSA) is 68.3 Å². The quantitative estimate of drug-likeness (QED) is 0.898. The van der Waals surface area contributed by atoms with Gasteiger partial charge in [0.05, 0.1) is 0 Å². The summed E-state index contributed by atoms with van der Waals surface area (Å²) in [7, 11) is 0. The molecule has 0 saturated carbocycles. The van der Waals surface area contributed by atoms with Crippen molar-refractivity contribution in [1.29, 1.82) is 5.26 Å². The van der Waals surface area contributed by atoms with Crippen molar-refractivity contribution in [2.75, 3.05) is 44.6 Å². The Morgan fingerprint density at radius 2 is 1.96 bits per heavy atom. The standard InChI is InChI=1S/C17H29N5O/c1-6-21-7-9-22(10-8-21)13(2)12-19-15-14(11-18)20-16(23-15)17(3,4)5/h13,19H,6-10,12H2,1-5H3/t13-/m0/s1. The van der Waals surface area contributed by atoms with Crippen molar-refractivity contribution in [3.05, 3.63) is 11.6 Å². The fraction of sp³-hybridized carbons (Fsp3) is 0.765. The zero-order chi connectivity index (χ0) is 17.0. The third-order valence-electron chi connectivity index (χ3n) is 4.41. The van der Waals surface area contributed by atoms with Crippen molar-refractivity contribution in [3.8, 4) is 6.07 Å². The lowest BCUT2D eigenvalue weighted by Crippen LogP contribution is -2.51. The second-order valence-corrected chi connectivity index (χ2v) is 7.26. The van der Waals surface area contributed by atoms with Crippen molar-refractivity contribution in [2.24, 2.45) is 0 Å². The summed E-state index contributed by atoms with van der Waals surface area (Å²) >= 11 is 0. The maximum atomic E-state index is 9.24. The van der Waals surface area contributed by atoms with Crippen molar-refractivity contribution in [1.82, 2.24) is 14.8 Å². The first kappa shape index (κ1) is 17.8. The number of nitrogens with zero attached hydrogens (tertiary/aromatic N) is 4. The van der Waals surface area contributed by atoms with Gasteiger partial charge in [-0.15, -0.1) is 0 Å². The number of hydrogen-bond acceptors (Lipinski definition) is 6. The summed E-state index contributed by atoms with van der Waals surface area (Å²) in [5.41, 5.74) is 0.145. The molecule has 1 fully saturated rings. The second-order valence-electron chi connectivity index (χ2n) is 7.26. The summed E-state index contributed by atoms with van der Waals surface area (Å²) in [5.74, 6) is 1.09. The zero-order valence-electron chi connectivity index (χ0n) is 15.0. The molecule has 0 radical (unpaired) electrons.